The lowest BCUT2D eigenvalue weighted by Crippen LogP contribution is -3.00. The van der Waals surface area contributed by atoms with Crippen LogP contribution in [0.3, 0.4) is 0 Å². The second-order valence-corrected chi connectivity index (χ2v) is 8.73. The van der Waals surface area contributed by atoms with E-state index in [-0.39, 0.29) is 45.8 Å². The Balaban J connectivity index is 0.00000312. The lowest BCUT2D eigenvalue weighted by molar-refractivity contribution is -0.894. The van der Waals surface area contributed by atoms with Crippen LogP contribution in [0, 0.1) is 0 Å². The highest BCUT2D eigenvalue weighted by atomic mass is 79.9. The van der Waals surface area contributed by atoms with Crippen LogP contribution in [0.25, 0.3) is 0 Å². The van der Waals surface area contributed by atoms with Gasteiger partial charge in [0.15, 0.2) is 0 Å². The van der Waals surface area contributed by atoms with Gasteiger partial charge in [0.1, 0.15) is 0 Å². The summed E-state index contributed by atoms with van der Waals surface area (Å²) in [4.78, 5) is 28.5. The average molecular weight is 500 g/mol. The molecule has 2 saturated heterocycles. The fraction of sp³-hybridized carbons (Fsp3) is 0.889. The molecule has 0 aromatic heterocycles. The maximum atomic E-state index is 12.2. The Labute approximate surface area is 180 Å². The van der Waals surface area contributed by atoms with E-state index >= 15 is 0 Å². The van der Waals surface area contributed by atoms with Gasteiger partial charge in [0.2, 0.25) is 11.8 Å². The topological polar surface area (TPSA) is 40.6 Å². The summed E-state index contributed by atoms with van der Waals surface area (Å²) < 4.78 is 2.01. The van der Waals surface area contributed by atoms with Gasteiger partial charge in [0, 0.05) is 12.8 Å². The van der Waals surface area contributed by atoms with Gasteiger partial charge in [-0.1, -0.05) is 0 Å². The van der Waals surface area contributed by atoms with Gasteiger partial charge >= 0.3 is 0 Å². The van der Waals surface area contributed by atoms with Crippen LogP contribution in [0.15, 0.2) is 0 Å². The predicted molar refractivity (Wildman–Crippen MR) is 95.3 cm³/mol. The third-order valence-electron chi connectivity index (χ3n) is 5.64. The van der Waals surface area contributed by atoms with Crippen LogP contribution in [0.1, 0.15) is 25.7 Å². The number of carbonyl (C=O) groups is 2. The largest absolute Gasteiger partial charge is 1.00 e. The SMILES string of the molecule is C[N+]1(C)CCN(C(=O)CCCCC(=O)N2CC[N+](C)(C)CC2)CC1.[Br-].[Br-]. The van der Waals surface area contributed by atoms with Gasteiger partial charge in [-0.15, -0.1) is 0 Å². The normalized spacial score (nSPS) is 21.4. The second-order valence-electron chi connectivity index (χ2n) is 8.73. The number of carbonyl (C=O) groups excluding carboxylic acids is 2. The summed E-state index contributed by atoms with van der Waals surface area (Å²) in [6.45, 7) is 7.61. The van der Waals surface area contributed by atoms with Crippen molar-refractivity contribution >= 4 is 11.8 Å². The molecular weight excluding hydrogens is 464 g/mol. The molecule has 0 saturated carbocycles. The van der Waals surface area contributed by atoms with E-state index in [0.29, 0.717) is 12.8 Å². The highest BCUT2D eigenvalue weighted by Crippen LogP contribution is 2.12. The van der Waals surface area contributed by atoms with E-state index in [9.17, 15) is 9.59 Å². The first kappa shape index (κ1) is 25.8. The monoisotopic (exact) mass is 498 g/mol. The van der Waals surface area contributed by atoms with Gasteiger partial charge in [-0.05, 0) is 12.8 Å². The summed E-state index contributed by atoms with van der Waals surface area (Å²) in [5.41, 5.74) is 0. The van der Waals surface area contributed by atoms with Gasteiger partial charge in [-0.2, -0.15) is 0 Å². The Morgan fingerprint density at radius 3 is 1.19 bits per heavy atom. The number of unbranched alkanes of at least 4 members (excludes halogenated alkanes) is 1. The molecule has 0 N–H and O–H groups in total. The number of hydrogen-bond donors (Lipinski definition) is 0. The fourth-order valence-electron chi connectivity index (χ4n) is 3.38. The molecule has 0 radical (unpaired) electrons. The molecular formula is C18H36Br2N4O2. The number of rotatable bonds is 5. The number of hydrogen-bond acceptors (Lipinski definition) is 2. The average Bonchev–Trinajstić information content (AvgIpc) is 2.51. The Kier molecular flexibility index (Phi) is 10.9. The molecule has 0 aromatic carbocycles. The van der Waals surface area contributed by atoms with E-state index in [4.69, 9.17) is 0 Å². The van der Waals surface area contributed by atoms with Crippen LogP contribution in [0.2, 0.25) is 0 Å². The van der Waals surface area contributed by atoms with Crippen molar-refractivity contribution in [1.82, 2.24) is 9.80 Å². The van der Waals surface area contributed by atoms with Crippen LogP contribution in [-0.2, 0) is 9.59 Å². The van der Waals surface area contributed by atoms with Crippen molar-refractivity contribution in [3.05, 3.63) is 0 Å². The highest BCUT2D eigenvalue weighted by Gasteiger charge is 2.28. The fourth-order valence-corrected chi connectivity index (χ4v) is 3.38. The van der Waals surface area contributed by atoms with Crippen molar-refractivity contribution in [2.45, 2.75) is 25.7 Å². The quantitative estimate of drug-likeness (QED) is 0.279. The van der Waals surface area contributed by atoms with Gasteiger partial charge in [-0.25, -0.2) is 0 Å². The van der Waals surface area contributed by atoms with Crippen LogP contribution in [0.5, 0.6) is 0 Å². The highest BCUT2D eigenvalue weighted by molar-refractivity contribution is 5.77. The molecule has 0 unspecified atom stereocenters. The maximum absolute atomic E-state index is 12.2. The Morgan fingerprint density at radius 1 is 0.654 bits per heavy atom. The zero-order valence-corrected chi connectivity index (χ0v) is 20.0. The van der Waals surface area contributed by atoms with Gasteiger partial charge < -0.3 is 52.7 Å². The van der Waals surface area contributed by atoms with Crippen molar-refractivity contribution in [2.24, 2.45) is 0 Å². The van der Waals surface area contributed by atoms with Crippen LogP contribution < -0.4 is 34.0 Å². The summed E-state index contributed by atoms with van der Waals surface area (Å²) in [5.74, 6) is 0.526. The molecule has 2 rings (SSSR count). The van der Waals surface area contributed by atoms with E-state index < -0.39 is 0 Å². The van der Waals surface area contributed by atoms with E-state index in [1.54, 1.807) is 0 Å². The number of likely N-dealkylation sites (N-methyl/N-ethyl adjacent to an activating group) is 2. The van der Waals surface area contributed by atoms with Gasteiger partial charge in [0.25, 0.3) is 0 Å². The number of amides is 2. The molecule has 2 heterocycles. The number of halogens is 2. The third-order valence-corrected chi connectivity index (χ3v) is 5.64. The van der Waals surface area contributed by atoms with Crippen molar-refractivity contribution < 1.29 is 52.5 Å². The first-order valence-corrected chi connectivity index (χ1v) is 9.38. The minimum atomic E-state index is 0. The molecule has 26 heavy (non-hydrogen) atoms. The second kappa shape index (κ2) is 11.0. The molecule has 0 bridgehead atoms. The number of nitrogens with zero attached hydrogens (tertiary/aromatic N) is 4. The molecule has 2 aliphatic heterocycles. The maximum Gasteiger partial charge on any atom is 0.222 e. The Hall–Kier alpha value is -0.180. The first-order chi connectivity index (χ1) is 11.2. The smallest absolute Gasteiger partial charge is 0.222 e. The van der Waals surface area contributed by atoms with Crippen molar-refractivity contribution in [2.75, 3.05) is 80.5 Å². The zero-order chi connectivity index (χ0) is 17.8. The predicted octanol–water partition coefficient (Wildman–Crippen LogP) is -5.61. The summed E-state index contributed by atoms with van der Waals surface area (Å²) >= 11 is 0. The zero-order valence-electron chi connectivity index (χ0n) is 16.8. The minimum absolute atomic E-state index is 0. The number of quaternary nitrogens is 2. The molecule has 0 atom stereocenters. The molecule has 8 heteroatoms. The lowest BCUT2D eigenvalue weighted by atomic mass is 10.1. The summed E-state index contributed by atoms with van der Waals surface area (Å²) in [6, 6.07) is 0. The standard InChI is InChI=1S/C18H36N4O2.2BrH/c1-21(2)13-9-19(10-14-21)17(23)7-5-6-8-18(24)20-11-15-22(3,4)16-12-20;;/h5-16H2,1-4H3;2*1H/q+2;;/p-2. The molecule has 0 aliphatic carbocycles. The van der Waals surface area contributed by atoms with Crippen molar-refractivity contribution in [3.8, 4) is 0 Å². The molecule has 2 aliphatic rings. The van der Waals surface area contributed by atoms with Crippen LogP contribution in [0.4, 0.5) is 0 Å². The van der Waals surface area contributed by atoms with Crippen LogP contribution in [-0.4, -0.2) is 111 Å². The van der Waals surface area contributed by atoms with Crippen molar-refractivity contribution in [3.63, 3.8) is 0 Å². The summed E-state index contributed by atoms with van der Waals surface area (Å²) in [7, 11) is 8.87. The number of piperazine rings is 2. The van der Waals surface area contributed by atoms with Gasteiger partial charge in [-0.3, -0.25) is 9.59 Å². The van der Waals surface area contributed by atoms with E-state index in [2.05, 4.69) is 28.2 Å². The summed E-state index contributed by atoms with van der Waals surface area (Å²) in [6.07, 6.45) is 2.83. The molecule has 2 amide bonds. The Bertz CT molecular complexity index is 410. The molecule has 6 nitrogen and oxygen atoms in total. The van der Waals surface area contributed by atoms with Gasteiger partial charge in [0.05, 0.1) is 80.5 Å². The molecule has 0 aromatic rings. The van der Waals surface area contributed by atoms with E-state index in [1.807, 2.05) is 9.80 Å². The van der Waals surface area contributed by atoms with E-state index in [0.717, 1.165) is 74.2 Å². The van der Waals surface area contributed by atoms with Crippen LogP contribution >= 0.6 is 0 Å². The first-order valence-electron chi connectivity index (χ1n) is 9.38. The lowest BCUT2D eigenvalue weighted by Gasteiger charge is -2.39. The summed E-state index contributed by atoms with van der Waals surface area (Å²) in [5, 5.41) is 0. The molecule has 0 spiro atoms. The molecule has 2 fully saturated rings. The molecule has 154 valence electrons. The van der Waals surface area contributed by atoms with E-state index in [1.165, 1.54) is 0 Å². The third kappa shape index (κ3) is 8.23. The Morgan fingerprint density at radius 2 is 0.923 bits per heavy atom. The minimum Gasteiger partial charge on any atom is -1.00 e. The van der Waals surface area contributed by atoms with Crippen molar-refractivity contribution in [1.29, 1.82) is 0 Å².